The molecule has 27 heteroatoms. The highest BCUT2D eigenvalue weighted by Crippen LogP contribution is 2.30. The number of fused-ring (bicyclic) bond motifs is 2. The lowest BCUT2D eigenvalue weighted by Crippen LogP contribution is -2.28. The molecule has 0 fully saturated rings. The van der Waals surface area contributed by atoms with E-state index < -0.39 is 101 Å². The molecule has 2 aromatic carbocycles. The van der Waals surface area contributed by atoms with Crippen molar-refractivity contribution in [2.45, 2.75) is 12.4 Å². The topological polar surface area (TPSA) is 204 Å². The number of H-pyrrole nitrogens is 2. The number of sulfonamides is 2. The number of anilines is 2. The molecule has 0 radical (unpaired) electrons. The fourth-order valence-corrected chi connectivity index (χ4v) is 7.39. The van der Waals surface area contributed by atoms with Gasteiger partial charge in [0.25, 0.3) is 0 Å². The van der Waals surface area contributed by atoms with Crippen LogP contribution in [0.25, 0.3) is 22.1 Å². The van der Waals surface area contributed by atoms with E-state index in [9.17, 15) is 70.3 Å². The number of aromatic nitrogens is 4. The smallest absolute Gasteiger partial charge is 0.404 e. The summed E-state index contributed by atoms with van der Waals surface area (Å²) in [6.45, 7) is 0. The van der Waals surface area contributed by atoms with Gasteiger partial charge in [-0.25, -0.2) is 49.2 Å². The van der Waals surface area contributed by atoms with Crippen LogP contribution in [-0.4, -0.2) is 77.5 Å². The second-order valence-corrected chi connectivity index (χ2v) is 16.8. The number of benzene rings is 2. The molecule has 0 saturated heterocycles. The van der Waals surface area contributed by atoms with Crippen molar-refractivity contribution in [3.8, 4) is 0 Å². The zero-order chi connectivity index (χ0) is 44.2. The number of carboxylic acids is 1. The Morgan fingerprint density at radius 1 is 0.695 bits per heavy atom. The Labute approximate surface area is 340 Å². The zero-order valence-electron chi connectivity index (χ0n) is 28.4. The van der Waals surface area contributed by atoms with Crippen molar-refractivity contribution in [1.82, 2.24) is 19.9 Å². The third-order valence-corrected chi connectivity index (χ3v) is 10.3. The normalized spacial score (nSPS) is 12.0. The Morgan fingerprint density at radius 2 is 1.17 bits per heavy atom. The van der Waals surface area contributed by atoms with E-state index in [1.54, 1.807) is 6.20 Å². The highest BCUT2D eigenvalue weighted by atomic mass is 79.9. The molecule has 4 aromatic heterocycles. The van der Waals surface area contributed by atoms with Crippen molar-refractivity contribution in [3.63, 3.8) is 0 Å². The van der Waals surface area contributed by atoms with Gasteiger partial charge >= 0.3 is 18.3 Å². The van der Waals surface area contributed by atoms with Crippen LogP contribution in [-0.2, 0) is 20.0 Å². The minimum atomic E-state index is -5.08. The van der Waals surface area contributed by atoms with Gasteiger partial charge in [-0.05, 0) is 74.3 Å². The van der Waals surface area contributed by atoms with Crippen molar-refractivity contribution in [1.29, 1.82) is 0 Å². The van der Waals surface area contributed by atoms with Crippen LogP contribution in [0.2, 0.25) is 0 Å². The summed E-state index contributed by atoms with van der Waals surface area (Å²) in [6.07, 6.45) is -3.91. The summed E-state index contributed by atoms with van der Waals surface area (Å²) >= 11 is 6.49. The first-order chi connectivity index (χ1) is 27.2. The summed E-state index contributed by atoms with van der Waals surface area (Å²) in [4.78, 5) is 37.1. The summed E-state index contributed by atoms with van der Waals surface area (Å²) in [7, 11) is -10.0. The average Bonchev–Trinajstić information content (AvgIpc) is 3.72. The number of rotatable bonds is 9. The first kappa shape index (κ1) is 46.4. The molecule has 59 heavy (non-hydrogen) atoms. The first-order valence-electron chi connectivity index (χ1n) is 15.3. The molecule has 0 bridgehead atoms. The van der Waals surface area contributed by atoms with Gasteiger partial charge in [0, 0.05) is 50.1 Å². The molecular formula is C32H20Br2F10N6O7S2. The largest absolute Gasteiger partial charge is 0.477 e. The van der Waals surface area contributed by atoms with E-state index in [0.717, 1.165) is 21.7 Å². The maximum Gasteiger partial charge on any atom is 0.404 e. The molecule has 0 aliphatic carbocycles. The lowest BCUT2D eigenvalue weighted by Gasteiger charge is -2.13. The van der Waals surface area contributed by atoms with Crippen LogP contribution in [0.5, 0.6) is 0 Å². The molecule has 0 amide bonds. The van der Waals surface area contributed by atoms with Gasteiger partial charge < -0.3 is 15.1 Å². The van der Waals surface area contributed by atoms with Crippen LogP contribution < -0.4 is 9.44 Å². The second kappa shape index (κ2) is 17.9. The number of nitrogens with zero attached hydrogens (tertiary/aromatic N) is 2. The van der Waals surface area contributed by atoms with Crippen molar-refractivity contribution in [2.75, 3.05) is 20.9 Å². The average molecular weight is 1010 g/mol. The first-order valence-corrected chi connectivity index (χ1v) is 20.2. The van der Waals surface area contributed by atoms with Gasteiger partial charge in [0.2, 0.25) is 25.8 Å². The molecule has 0 aliphatic rings. The molecule has 316 valence electrons. The Bertz CT molecular complexity index is 2780. The van der Waals surface area contributed by atoms with Crippen LogP contribution in [0.3, 0.4) is 0 Å². The van der Waals surface area contributed by atoms with Gasteiger partial charge in [-0.2, -0.15) is 26.3 Å². The number of carbonyl (C=O) groups is 2. The van der Waals surface area contributed by atoms with E-state index in [1.165, 1.54) is 21.7 Å². The summed E-state index contributed by atoms with van der Waals surface area (Å²) in [5.74, 6) is -14.0. The highest BCUT2D eigenvalue weighted by Gasteiger charge is 2.37. The molecule has 6 aromatic rings. The predicted octanol–water partition coefficient (Wildman–Crippen LogP) is 8.43. The fourth-order valence-electron chi connectivity index (χ4n) is 4.72. The van der Waals surface area contributed by atoms with Gasteiger partial charge in [-0.1, -0.05) is 0 Å². The Kier molecular flexibility index (Phi) is 14.1. The molecule has 13 nitrogen and oxygen atoms in total. The summed E-state index contributed by atoms with van der Waals surface area (Å²) in [6, 6.07) is 7.54. The maximum atomic E-state index is 14.7. The number of carboxylic acid groups (broad SMARTS) is 1. The van der Waals surface area contributed by atoms with E-state index in [4.69, 9.17) is 5.11 Å². The number of aromatic carboxylic acids is 1. The Morgan fingerprint density at radius 3 is 1.68 bits per heavy atom. The lowest BCUT2D eigenvalue weighted by molar-refractivity contribution is -0.107. The van der Waals surface area contributed by atoms with E-state index in [0.29, 0.717) is 28.7 Å². The third-order valence-electron chi connectivity index (χ3n) is 6.97. The lowest BCUT2D eigenvalue weighted by atomic mass is 10.0. The van der Waals surface area contributed by atoms with E-state index >= 15 is 0 Å². The van der Waals surface area contributed by atoms with Crippen molar-refractivity contribution in [3.05, 3.63) is 116 Å². The van der Waals surface area contributed by atoms with Gasteiger partial charge in [-0.3, -0.25) is 14.2 Å². The standard InChI is InChI=1S/C16H9BrF5N3O3S.C9H6F5NO4S.C7H5BrN2/c17-7-3-8-9(5-24-15(8)23-4-7)14(26)12-10(18)1-2-11(13(12)19)25-29(27,28)6-16(20,21)22;10-4-1-2-5(7(11)6(4)8(16)17)15-20(18,19)3-9(12,13)14;8-6-3-5-1-2-9-7(5)10-4-6/h1-5,25H,6H2,(H,23,24);1-2,15H,3H2,(H,16,17);1-4H,(H,9,10). The highest BCUT2D eigenvalue weighted by molar-refractivity contribution is 9.10. The maximum absolute atomic E-state index is 14.7. The number of aromatic amines is 2. The minimum absolute atomic E-state index is 0.165. The van der Waals surface area contributed by atoms with Crippen LogP contribution in [0.1, 0.15) is 26.3 Å². The van der Waals surface area contributed by atoms with Gasteiger partial charge in [0.15, 0.2) is 23.1 Å². The number of nitrogens with one attached hydrogen (secondary N) is 4. The Hall–Kier alpha value is -5.28. The van der Waals surface area contributed by atoms with Crippen LogP contribution in [0.4, 0.5) is 55.3 Å². The van der Waals surface area contributed by atoms with Crippen LogP contribution >= 0.6 is 31.9 Å². The molecule has 0 aliphatic heterocycles. The Balaban J connectivity index is 0.000000220. The SMILES string of the molecule is Brc1cnc2[nH]ccc2c1.O=C(O)c1c(F)ccc(NS(=O)(=O)CC(F)(F)F)c1F.O=C(c1c(F)ccc(NS(=O)(=O)CC(F)(F)F)c1F)c1c[nH]c2ncc(Br)cc12. The molecule has 4 heterocycles. The molecule has 0 unspecified atom stereocenters. The second-order valence-electron chi connectivity index (χ2n) is 11.5. The quantitative estimate of drug-likeness (QED) is 0.0696. The molecule has 5 N–H and O–H groups in total. The van der Waals surface area contributed by atoms with E-state index in [2.05, 4.69) is 51.8 Å². The molecule has 0 atom stereocenters. The van der Waals surface area contributed by atoms with E-state index in [1.807, 2.05) is 18.3 Å². The number of hydrogen-bond donors (Lipinski definition) is 5. The number of carbonyl (C=O) groups excluding carboxylic acids is 1. The van der Waals surface area contributed by atoms with Gasteiger partial charge in [0.05, 0.1) is 16.9 Å². The van der Waals surface area contributed by atoms with Crippen molar-refractivity contribution >= 4 is 97.1 Å². The van der Waals surface area contributed by atoms with Gasteiger partial charge in [-0.15, -0.1) is 0 Å². The third kappa shape index (κ3) is 12.6. The van der Waals surface area contributed by atoms with Crippen molar-refractivity contribution in [2.24, 2.45) is 0 Å². The number of hydrogen-bond acceptors (Lipinski definition) is 8. The zero-order valence-corrected chi connectivity index (χ0v) is 33.2. The van der Waals surface area contributed by atoms with Crippen LogP contribution in [0, 0.1) is 23.3 Å². The fraction of sp³-hybridized carbons (Fsp3) is 0.125. The monoisotopic (exact) mass is 1010 g/mol. The molecular weight excluding hydrogens is 994 g/mol. The minimum Gasteiger partial charge on any atom is -0.477 e. The van der Waals surface area contributed by atoms with Crippen molar-refractivity contribution < 1.29 is 75.4 Å². The number of alkyl halides is 6. The van der Waals surface area contributed by atoms with E-state index in [-0.39, 0.29) is 16.6 Å². The van der Waals surface area contributed by atoms with Crippen LogP contribution in [0.15, 0.2) is 76.2 Å². The molecule has 0 spiro atoms. The summed E-state index contributed by atoms with van der Waals surface area (Å²) in [5, 5.41) is 9.88. The number of pyridine rings is 2. The molecule has 6 rings (SSSR count). The number of halogens is 12. The summed E-state index contributed by atoms with van der Waals surface area (Å²) in [5.41, 5.74) is -3.66. The van der Waals surface area contributed by atoms with Gasteiger partial charge in [0.1, 0.15) is 28.5 Å². The summed E-state index contributed by atoms with van der Waals surface area (Å²) < 4.78 is 178. The predicted molar refractivity (Wildman–Crippen MR) is 198 cm³/mol. The molecule has 0 saturated carbocycles. The number of ketones is 1.